The van der Waals surface area contributed by atoms with Crippen LogP contribution in [0.25, 0.3) is 0 Å². The van der Waals surface area contributed by atoms with Crippen LogP contribution in [0.5, 0.6) is 5.75 Å². The van der Waals surface area contributed by atoms with E-state index in [-0.39, 0.29) is 19.0 Å². The minimum Gasteiger partial charge on any atom is -0.497 e. The molecule has 0 spiro atoms. The van der Waals surface area contributed by atoms with Gasteiger partial charge in [0.25, 0.3) is 0 Å². The van der Waals surface area contributed by atoms with E-state index < -0.39 is 11.9 Å². The van der Waals surface area contributed by atoms with E-state index >= 15 is 0 Å². The lowest BCUT2D eigenvalue weighted by Crippen LogP contribution is -2.15. The molecule has 0 saturated carbocycles. The first-order chi connectivity index (χ1) is 6.19. The topological polar surface area (TPSA) is 55.5 Å². The monoisotopic (exact) mass is 221 g/mol. The quantitative estimate of drug-likeness (QED) is 0.808. The number of nitrogens with two attached hydrogens (primary N) is 1. The normalized spacial score (nSPS) is 11.7. The smallest absolute Gasteiger partial charge is 0.131 e. The summed E-state index contributed by atoms with van der Waals surface area (Å²) in [5.41, 5.74) is 5.75. The van der Waals surface area contributed by atoms with E-state index in [0.717, 1.165) is 0 Å². The predicted molar refractivity (Wildman–Crippen MR) is 54.2 cm³/mol. The molecular weight excluding hydrogens is 209 g/mol. The van der Waals surface area contributed by atoms with Crippen LogP contribution >= 0.6 is 12.4 Å². The molecule has 3 nitrogen and oxygen atoms in total. The predicted octanol–water partition coefficient (Wildman–Crippen LogP) is 1.25. The standard InChI is InChI=1S/C9H12FNO2.ClH/c1-13-6-2-3-7(8(10)4-6)9(11)5-12;/h2-4,9,12H,5,11H2,1H3;1H/t9-;/m0./s1. The molecule has 0 heterocycles. The Morgan fingerprint density at radius 1 is 1.57 bits per heavy atom. The molecule has 0 amide bonds. The Balaban J connectivity index is 0.00000169. The van der Waals surface area contributed by atoms with Gasteiger partial charge in [-0.2, -0.15) is 0 Å². The molecule has 0 aliphatic heterocycles. The molecule has 0 aliphatic carbocycles. The van der Waals surface area contributed by atoms with Crippen molar-refractivity contribution in [1.29, 1.82) is 0 Å². The van der Waals surface area contributed by atoms with Gasteiger partial charge in [0.1, 0.15) is 11.6 Å². The first kappa shape index (κ1) is 13.2. The maximum Gasteiger partial charge on any atom is 0.131 e. The molecule has 14 heavy (non-hydrogen) atoms. The highest BCUT2D eigenvalue weighted by Gasteiger charge is 2.10. The summed E-state index contributed by atoms with van der Waals surface area (Å²) in [5.74, 6) is -0.0210. The van der Waals surface area contributed by atoms with E-state index in [2.05, 4.69) is 0 Å². The molecule has 0 bridgehead atoms. The van der Waals surface area contributed by atoms with Crippen molar-refractivity contribution in [2.45, 2.75) is 6.04 Å². The molecule has 5 heteroatoms. The van der Waals surface area contributed by atoms with E-state index in [1.807, 2.05) is 0 Å². The molecule has 80 valence electrons. The highest BCUT2D eigenvalue weighted by atomic mass is 35.5. The first-order valence-electron chi connectivity index (χ1n) is 3.89. The van der Waals surface area contributed by atoms with Crippen molar-refractivity contribution in [3.05, 3.63) is 29.6 Å². The van der Waals surface area contributed by atoms with Crippen molar-refractivity contribution in [1.82, 2.24) is 0 Å². The summed E-state index contributed by atoms with van der Waals surface area (Å²) < 4.78 is 18.0. The van der Waals surface area contributed by atoms with Crippen LogP contribution in [0.1, 0.15) is 11.6 Å². The summed E-state index contributed by atoms with van der Waals surface area (Å²) in [5, 5.41) is 8.72. The molecule has 1 aromatic carbocycles. The molecule has 0 aromatic heterocycles. The third kappa shape index (κ3) is 2.83. The van der Waals surface area contributed by atoms with Crippen LogP contribution < -0.4 is 10.5 Å². The molecule has 1 rings (SSSR count). The van der Waals surface area contributed by atoms with Gasteiger partial charge in [-0.25, -0.2) is 4.39 Å². The minimum absolute atomic E-state index is 0. The van der Waals surface area contributed by atoms with Crippen LogP contribution in [-0.4, -0.2) is 18.8 Å². The largest absolute Gasteiger partial charge is 0.497 e. The van der Waals surface area contributed by atoms with Crippen LogP contribution in [0.2, 0.25) is 0 Å². The van der Waals surface area contributed by atoms with E-state index in [1.165, 1.54) is 19.2 Å². The highest BCUT2D eigenvalue weighted by molar-refractivity contribution is 5.85. The molecule has 1 atom stereocenters. The lowest BCUT2D eigenvalue weighted by Gasteiger charge is -2.10. The van der Waals surface area contributed by atoms with Crippen LogP contribution in [0.4, 0.5) is 4.39 Å². The zero-order chi connectivity index (χ0) is 9.84. The van der Waals surface area contributed by atoms with Gasteiger partial charge in [0, 0.05) is 11.6 Å². The average molecular weight is 222 g/mol. The number of rotatable bonds is 3. The summed E-state index contributed by atoms with van der Waals surface area (Å²) in [4.78, 5) is 0. The van der Waals surface area contributed by atoms with Gasteiger partial charge in [-0.15, -0.1) is 12.4 Å². The van der Waals surface area contributed by atoms with Crippen molar-refractivity contribution in [3.63, 3.8) is 0 Å². The number of aliphatic hydroxyl groups is 1. The fraction of sp³-hybridized carbons (Fsp3) is 0.333. The summed E-state index contributed by atoms with van der Waals surface area (Å²) in [6.45, 7) is -0.275. The van der Waals surface area contributed by atoms with E-state index in [4.69, 9.17) is 15.6 Å². The fourth-order valence-corrected chi connectivity index (χ4v) is 1.03. The van der Waals surface area contributed by atoms with Crippen molar-refractivity contribution in [2.75, 3.05) is 13.7 Å². The third-order valence-electron chi connectivity index (χ3n) is 1.80. The van der Waals surface area contributed by atoms with Gasteiger partial charge in [0.05, 0.1) is 19.8 Å². The van der Waals surface area contributed by atoms with Gasteiger partial charge in [-0.05, 0) is 6.07 Å². The second-order valence-corrected chi connectivity index (χ2v) is 2.68. The van der Waals surface area contributed by atoms with Gasteiger partial charge in [-0.3, -0.25) is 0 Å². The average Bonchev–Trinajstić information content (AvgIpc) is 2.16. The van der Waals surface area contributed by atoms with Gasteiger partial charge >= 0.3 is 0 Å². The van der Waals surface area contributed by atoms with Crippen LogP contribution in [-0.2, 0) is 0 Å². The lowest BCUT2D eigenvalue weighted by molar-refractivity contribution is 0.265. The molecular formula is C9H13ClFNO2. The number of methoxy groups -OCH3 is 1. The number of hydrogen-bond donors (Lipinski definition) is 2. The molecule has 1 aromatic rings. The summed E-state index contributed by atoms with van der Waals surface area (Å²) in [6, 6.07) is 3.68. The summed E-state index contributed by atoms with van der Waals surface area (Å²) >= 11 is 0. The number of halogens is 2. The van der Waals surface area contributed by atoms with E-state index in [0.29, 0.717) is 11.3 Å². The first-order valence-corrected chi connectivity index (χ1v) is 3.89. The van der Waals surface area contributed by atoms with Crippen molar-refractivity contribution in [2.24, 2.45) is 5.73 Å². The zero-order valence-electron chi connectivity index (χ0n) is 7.74. The Hall–Kier alpha value is -0.840. The second-order valence-electron chi connectivity index (χ2n) is 2.68. The minimum atomic E-state index is -0.675. The Kier molecular flexibility index (Phi) is 5.45. The van der Waals surface area contributed by atoms with Gasteiger partial charge in [0.2, 0.25) is 0 Å². The molecule has 0 unspecified atom stereocenters. The Morgan fingerprint density at radius 2 is 2.21 bits per heavy atom. The number of ether oxygens (including phenoxy) is 1. The third-order valence-corrected chi connectivity index (χ3v) is 1.80. The zero-order valence-corrected chi connectivity index (χ0v) is 8.55. The lowest BCUT2D eigenvalue weighted by atomic mass is 10.1. The number of benzene rings is 1. The van der Waals surface area contributed by atoms with Crippen molar-refractivity contribution in [3.8, 4) is 5.75 Å². The molecule has 0 aliphatic rings. The van der Waals surface area contributed by atoms with E-state index in [9.17, 15) is 4.39 Å². The van der Waals surface area contributed by atoms with Crippen LogP contribution in [0.15, 0.2) is 18.2 Å². The fourth-order valence-electron chi connectivity index (χ4n) is 1.03. The Bertz CT molecular complexity index is 296. The van der Waals surface area contributed by atoms with Crippen molar-refractivity contribution < 1.29 is 14.2 Å². The highest BCUT2D eigenvalue weighted by Crippen LogP contribution is 2.20. The summed E-state index contributed by atoms with van der Waals surface area (Å²) in [7, 11) is 1.46. The Morgan fingerprint density at radius 3 is 2.64 bits per heavy atom. The summed E-state index contributed by atoms with van der Waals surface area (Å²) in [6.07, 6.45) is 0. The van der Waals surface area contributed by atoms with E-state index in [1.54, 1.807) is 6.07 Å². The number of hydrogen-bond acceptors (Lipinski definition) is 3. The van der Waals surface area contributed by atoms with Crippen molar-refractivity contribution >= 4 is 12.4 Å². The maximum absolute atomic E-state index is 13.2. The Labute approximate surface area is 88.1 Å². The number of aliphatic hydroxyl groups excluding tert-OH is 1. The van der Waals surface area contributed by atoms with Gasteiger partial charge in [0.15, 0.2) is 0 Å². The van der Waals surface area contributed by atoms with Crippen LogP contribution in [0, 0.1) is 5.82 Å². The molecule has 0 saturated heterocycles. The SMILES string of the molecule is COc1ccc([C@@H](N)CO)c(F)c1.Cl. The maximum atomic E-state index is 13.2. The molecule has 3 N–H and O–H groups in total. The van der Waals surface area contributed by atoms with Crippen LogP contribution in [0.3, 0.4) is 0 Å². The second kappa shape index (κ2) is 5.80. The molecule has 0 fully saturated rings. The van der Waals surface area contributed by atoms with Gasteiger partial charge < -0.3 is 15.6 Å². The molecule has 0 radical (unpaired) electrons. The van der Waals surface area contributed by atoms with Gasteiger partial charge in [-0.1, -0.05) is 6.07 Å².